The number of fused-ring (bicyclic) bond motifs is 1. The summed E-state index contributed by atoms with van der Waals surface area (Å²) in [5.74, 6) is 0. The molecule has 0 radical (unpaired) electrons. The minimum atomic E-state index is -0.346. The SMILES string of the molecule is NC(NC1N=CC=CN1)c1ccc(C2NC(c3ccc(-c4ccccc4)cc3)N3C(c4ccc(-c5ccccc5)cc4)N23)cc1. The number of allylic oxidation sites excluding steroid dienone is 1. The summed E-state index contributed by atoms with van der Waals surface area (Å²) >= 11 is 0. The molecule has 45 heavy (non-hydrogen) atoms. The highest BCUT2D eigenvalue weighted by atomic mass is 15.9. The zero-order valence-corrected chi connectivity index (χ0v) is 24.7. The summed E-state index contributed by atoms with van der Waals surface area (Å²) in [7, 11) is 0. The highest BCUT2D eigenvalue weighted by Crippen LogP contribution is 2.57. The Labute approximate surface area is 263 Å². The molecule has 0 bridgehead atoms. The van der Waals surface area contributed by atoms with Gasteiger partial charge in [-0.25, -0.2) is 0 Å². The Morgan fingerprint density at radius 2 is 1.09 bits per heavy atom. The van der Waals surface area contributed by atoms with Gasteiger partial charge < -0.3 is 11.1 Å². The first-order valence-corrected chi connectivity index (χ1v) is 15.4. The second-order valence-corrected chi connectivity index (χ2v) is 11.6. The van der Waals surface area contributed by atoms with Crippen molar-refractivity contribution in [3.05, 3.63) is 168 Å². The van der Waals surface area contributed by atoms with Gasteiger partial charge in [0, 0.05) is 12.4 Å². The monoisotopic (exact) mass is 589 g/mol. The lowest BCUT2D eigenvalue weighted by Crippen LogP contribution is -2.44. The third-order valence-corrected chi connectivity index (χ3v) is 8.83. The van der Waals surface area contributed by atoms with E-state index < -0.39 is 0 Å². The van der Waals surface area contributed by atoms with Crippen LogP contribution in [0.1, 0.15) is 46.9 Å². The number of nitrogens with zero attached hydrogens (tertiary/aromatic N) is 3. The van der Waals surface area contributed by atoms with Gasteiger partial charge in [0.15, 0.2) is 6.29 Å². The van der Waals surface area contributed by atoms with Gasteiger partial charge in [0.2, 0.25) is 0 Å². The van der Waals surface area contributed by atoms with E-state index in [9.17, 15) is 0 Å². The maximum absolute atomic E-state index is 6.49. The smallest absolute Gasteiger partial charge is 0.174 e. The second kappa shape index (κ2) is 11.9. The maximum atomic E-state index is 6.49. The normalized spacial score (nSPS) is 25.4. The average molecular weight is 590 g/mol. The zero-order chi connectivity index (χ0) is 30.2. The van der Waals surface area contributed by atoms with Crippen LogP contribution in [0.4, 0.5) is 0 Å². The molecule has 0 saturated carbocycles. The lowest BCUT2D eigenvalue weighted by Gasteiger charge is -2.23. The first-order chi connectivity index (χ1) is 22.2. The Balaban J connectivity index is 1.06. The standard InChI is InChI=1S/C38H35N7/c39-34(42-38-40-24-7-25-41-38)30-16-20-32(21-17-30)36-43-35(31-18-12-28(13-19-31)26-8-3-1-4-9-26)44-37(45(36)44)33-22-14-29(15-23-33)27-10-5-2-6-11-27/h1-25,34-38,40,42-43H,39H2. The Morgan fingerprint density at radius 1 is 0.600 bits per heavy atom. The van der Waals surface area contributed by atoms with Crippen molar-refractivity contribution in [2.75, 3.05) is 0 Å². The van der Waals surface area contributed by atoms with Crippen LogP contribution in [-0.4, -0.2) is 22.5 Å². The van der Waals surface area contributed by atoms with Crippen molar-refractivity contribution in [1.29, 1.82) is 0 Å². The number of nitrogens with two attached hydrogens (primary N) is 1. The summed E-state index contributed by atoms with van der Waals surface area (Å²) in [6.45, 7) is 0. The van der Waals surface area contributed by atoms with Gasteiger partial charge in [0.25, 0.3) is 0 Å². The van der Waals surface area contributed by atoms with Crippen LogP contribution in [0.15, 0.2) is 151 Å². The molecule has 5 aromatic rings. The van der Waals surface area contributed by atoms with E-state index in [1.807, 2.05) is 12.3 Å². The Morgan fingerprint density at radius 3 is 1.60 bits per heavy atom. The fraction of sp³-hybridized carbons (Fsp3) is 0.132. The van der Waals surface area contributed by atoms with Crippen molar-refractivity contribution in [2.45, 2.75) is 31.0 Å². The summed E-state index contributed by atoms with van der Waals surface area (Å²) in [6, 6.07) is 47.6. The highest BCUT2D eigenvalue weighted by molar-refractivity contribution is 5.71. The van der Waals surface area contributed by atoms with Crippen molar-refractivity contribution in [2.24, 2.45) is 10.7 Å². The van der Waals surface area contributed by atoms with Crippen LogP contribution in [0.2, 0.25) is 0 Å². The van der Waals surface area contributed by atoms with E-state index in [-0.39, 0.29) is 31.0 Å². The van der Waals surface area contributed by atoms with Crippen molar-refractivity contribution >= 4 is 6.21 Å². The first kappa shape index (κ1) is 27.6. The van der Waals surface area contributed by atoms with E-state index in [4.69, 9.17) is 5.73 Å². The summed E-state index contributed by atoms with van der Waals surface area (Å²) in [5.41, 5.74) is 16.1. The minimum absolute atomic E-state index is 0.0237. The van der Waals surface area contributed by atoms with Gasteiger partial charge in [-0.1, -0.05) is 133 Å². The summed E-state index contributed by atoms with van der Waals surface area (Å²) in [5, 5.41) is 15.3. The molecule has 5 aromatic carbocycles. The number of aliphatic imine (C=N–C) groups is 1. The number of rotatable bonds is 8. The van der Waals surface area contributed by atoms with Gasteiger partial charge in [0.1, 0.15) is 18.5 Å². The molecule has 5 N–H and O–H groups in total. The zero-order valence-electron chi connectivity index (χ0n) is 24.7. The van der Waals surface area contributed by atoms with Crippen molar-refractivity contribution in [1.82, 2.24) is 26.0 Å². The fourth-order valence-electron chi connectivity index (χ4n) is 6.43. The van der Waals surface area contributed by atoms with E-state index in [0.717, 1.165) is 5.56 Å². The number of benzene rings is 5. The van der Waals surface area contributed by atoms with Crippen molar-refractivity contribution < 1.29 is 0 Å². The molecule has 7 nitrogen and oxygen atoms in total. The van der Waals surface area contributed by atoms with Gasteiger partial charge in [-0.15, -0.1) is 0 Å². The van der Waals surface area contributed by atoms with Gasteiger partial charge >= 0.3 is 0 Å². The predicted octanol–water partition coefficient (Wildman–Crippen LogP) is 6.57. The fourth-order valence-corrected chi connectivity index (χ4v) is 6.43. The van der Waals surface area contributed by atoms with Crippen molar-refractivity contribution in [3.63, 3.8) is 0 Å². The molecule has 0 aliphatic carbocycles. The minimum Gasteiger partial charge on any atom is -0.358 e. The van der Waals surface area contributed by atoms with Crippen LogP contribution in [0.3, 0.4) is 0 Å². The molecule has 0 amide bonds. The lowest BCUT2D eigenvalue weighted by molar-refractivity contribution is 0.314. The van der Waals surface area contributed by atoms with Crippen LogP contribution in [0.25, 0.3) is 22.3 Å². The predicted molar refractivity (Wildman–Crippen MR) is 180 cm³/mol. The molecule has 3 heterocycles. The number of nitrogens with one attached hydrogen (secondary N) is 3. The van der Waals surface area contributed by atoms with E-state index in [1.165, 1.54) is 38.9 Å². The third kappa shape index (κ3) is 5.48. The molecule has 3 aliphatic rings. The van der Waals surface area contributed by atoms with Gasteiger partial charge in [-0.3, -0.25) is 15.6 Å². The van der Waals surface area contributed by atoms with Gasteiger partial charge in [0.05, 0.1) is 6.17 Å². The van der Waals surface area contributed by atoms with Crippen LogP contribution in [0.5, 0.6) is 0 Å². The Kier molecular flexibility index (Phi) is 7.31. The molecule has 222 valence electrons. The quantitative estimate of drug-likeness (QED) is 0.121. The first-order valence-electron chi connectivity index (χ1n) is 15.4. The molecular formula is C38H35N7. The van der Waals surface area contributed by atoms with Gasteiger partial charge in [-0.05, 0) is 50.6 Å². The molecule has 7 heteroatoms. The largest absolute Gasteiger partial charge is 0.358 e. The molecule has 8 rings (SSSR count). The molecular weight excluding hydrogens is 554 g/mol. The van der Waals surface area contributed by atoms with E-state index >= 15 is 0 Å². The molecule has 2 saturated heterocycles. The van der Waals surface area contributed by atoms with Gasteiger partial charge in [-0.2, -0.15) is 10.0 Å². The van der Waals surface area contributed by atoms with Crippen LogP contribution in [-0.2, 0) is 0 Å². The summed E-state index contributed by atoms with van der Waals surface area (Å²) < 4.78 is 0. The van der Waals surface area contributed by atoms with Crippen LogP contribution >= 0.6 is 0 Å². The summed E-state index contributed by atoms with van der Waals surface area (Å²) in [4.78, 5) is 4.37. The highest BCUT2D eigenvalue weighted by Gasteiger charge is 2.60. The topological polar surface area (TPSA) is 80.5 Å². The number of hydrazine groups is 1. The lowest BCUT2D eigenvalue weighted by atomic mass is 10.0. The van der Waals surface area contributed by atoms with Crippen molar-refractivity contribution in [3.8, 4) is 22.3 Å². The number of hydrogen-bond donors (Lipinski definition) is 4. The second-order valence-electron chi connectivity index (χ2n) is 11.6. The van der Waals surface area contributed by atoms with Crippen LogP contribution < -0.4 is 21.7 Å². The van der Waals surface area contributed by atoms with E-state index in [0.29, 0.717) is 0 Å². The third-order valence-electron chi connectivity index (χ3n) is 8.83. The molecule has 0 spiro atoms. The number of hydrogen-bond acceptors (Lipinski definition) is 7. The molecule has 7 atom stereocenters. The molecule has 0 aromatic heterocycles. The maximum Gasteiger partial charge on any atom is 0.174 e. The molecule has 7 unspecified atom stereocenters. The average Bonchev–Trinajstić information content (AvgIpc) is 3.72. The van der Waals surface area contributed by atoms with E-state index in [1.54, 1.807) is 6.21 Å². The molecule has 2 fully saturated rings. The Hall–Kier alpha value is -4.89. The van der Waals surface area contributed by atoms with E-state index in [2.05, 4.69) is 164 Å². The van der Waals surface area contributed by atoms with Crippen LogP contribution in [0, 0.1) is 0 Å². The molecule has 3 aliphatic heterocycles. The summed E-state index contributed by atoms with van der Waals surface area (Å²) in [6.07, 6.45) is 5.14. The Bertz CT molecular complexity index is 1800.